The number of ether oxygens (including phenoxy) is 8. The van der Waals surface area contributed by atoms with Crippen molar-refractivity contribution >= 4 is 22.2 Å². The Hall–Kier alpha value is -2.18. The van der Waals surface area contributed by atoms with Crippen LogP contribution in [0.15, 0.2) is 60.7 Å². The average Bonchev–Trinajstić information content (AvgIpc) is 3.20. The lowest BCUT2D eigenvalue weighted by Crippen LogP contribution is -2.54. The van der Waals surface area contributed by atoms with Crippen LogP contribution in [0.1, 0.15) is 11.1 Å². The Morgan fingerprint density at radius 1 is 0.519 bits per heavy atom. The SMILES string of the molecule is COCCOCCN1C(=O)N(CCOCCOC)[C@H](Cc2ccccc2)[C@H](OCOCC[Si](C)(C)C)[C@@H](OCOCC[Si](C)(C)C)[C@H]1Cc1ccccc1. The summed E-state index contributed by atoms with van der Waals surface area (Å²) in [5.41, 5.74) is 2.19. The predicted octanol–water partition coefficient (Wildman–Crippen LogP) is 6.67. The predicted molar refractivity (Wildman–Crippen MR) is 220 cm³/mol. The summed E-state index contributed by atoms with van der Waals surface area (Å²) < 4.78 is 48.6. The van der Waals surface area contributed by atoms with E-state index in [1.807, 2.05) is 46.2 Å². The maximum absolute atomic E-state index is 15.2. The summed E-state index contributed by atoms with van der Waals surface area (Å²) in [7, 11) is 0.659. The summed E-state index contributed by atoms with van der Waals surface area (Å²) in [5.74, 6) is 0. The Kier molecular flexibility index (Phi) is 21.5. The van der Waals surface area contributed by atoms with Crippen LogP contribution in [-0.4, -0.2) is 150 Å². The van der Waals surface area contributed by atoms with Crippen molar-refractivity contribution in [2.45, 2.75) is 88.5 Å². The molecule has 0 N–H and O–H groups in total. The van der Waals surface area contributed by atoms with E-state index in [4.69, 9.17) is 37.9 Å². The quantitative estimate of drug-likeness (QED) is 0.0533. The molecule has 0 unspecified atom stereocenters. The Morgan fingerprint density at radius 2 is 0.907 bits per heavy atom. The van der Waals surface area contributed by atoms with Crippen LogP contribution in [0.2, 0.25) is 51.4 Å². The van der Waals surface area contributed by atoms with Gasteiger partial charge in [0.15, 0.2) is 0 Å². The van der Waals surface area contributed by atoms with Gasteiger partial charge in [-0.3, -0.25) is 0 Å². The molecule has 13 heteroatoms. The topological polar surface area (TPSA) is 97.4 Å². The van der Waals surface area contributed by atoms with Crippen LogP contribution in [0.3, 0.4) is 0 Å². The van der Waals surface area contributed by atoms with Crippen LogP contribution < -0.4 is 0 Å². The minimum Gasteiger partial charge on any atom is -0.382 e. The second-order valence-corrected chi connectivity index (χ2v) is 27.6. The van der Waals surface area contributed by atoms with Crippen molar-refractivity contribution in [3.63, 3.8) is 0 Å². The van der Waals surface area contributed by atoms with E-state index in [0.717, 1.165) is 23.2 Å². The summed E-state index contributed by atoms with van der Waals surface area (Å²) in [5, 5.41) is 0. The molecule has 11 nitrogen and oxygen atoms in total. The summed E-state index contributed by atoms with van der Waals surface area (Å²) in [6.07, 6.45) is -0.0180. The minimum absolute atomic E-state index is 0.0847. The number of benzene rings is 2. The molecule has 2 aromatic carbocycles. The van der Waals surface area contributed by atoms with Gasteiger partial charge in [-0.2, -0.15) is 0 Å². The van der Waals surface area contributed by atoms with Crippen LogP contribution >= 0.6 is 0 Å². The molecule has 1 heterocycles. The van der Waals surface area contributed by atoms with Gasteiger partial charge in [0.1, 0.15) is 25.8 Å². The van der Waals surface area contributed by atoms with Crippen LogP contribution in [0.4, 0.5) is 4.79 Å². The zero-order valence-corrected chi connectivity index (χ0v) is 36.5. The Balaban J connectivity index is 2.11. The average molecular weight is 791 g/mol. The molecule has 2 aromatic rings. The monoisotopic (exact) mass is 790 g/mol. The number of hydrogen-bond donors (Lipinski definition) is 0. The first-order chi connectivity index (χ1) is 25.9. The van der Waals surface area contributed by atoms with E-state index in [-0.39, 0.29) is 19.6 Å². The van der Waals surface area contributed by atoms with E-state index in [1.165, 1.54) is 0 Å². The maximum atomic E-state index is 15.2. The van der Waals surface area contributed by atoms with E-state index in [2.05, 4.69) is 63.5 Å². The summed E-state index contributed by atoms with van der Waals surface area (Å²) in [6.45, 7) is 18.6. The molecule has 0 aliphatic carbocycles. The number of urea groups is 1. The Labute approximate surface area is 327 Å². The highest BCUT2D eigenvalue weighted by Crippen LogP contribution is 2.31. The highest BCUT2D eigenvalue weighted by molar-refractivity contribution is 6.76. The lowest BCUT2D eigenvalue weighted by Gasteiger charge is -2.38. The van der Waals surface area contributed by atoms with E-state index >= 15 is 4.79 Å². The van der Waals surface area contributed by atoms with Crippen molar-refractivity contribution in [1.82, 2.24) is 9.80 Å². The van der Waals surface area contributed by atoms with Crippen molar-refractivity contribution in [1.29, 1.82) is 0 Å². The second kappa shape index (κ2) is 25.2. The fourth-order valence-corrected chi connectivity index (χ4v) is 7.80. The van der Waals surface area contributed by atoms with Gasteiger partial charge in [-0.1, -0.05) is 99.9 Å². The number of methoxy groups -OCH3 is 2. The van der Waals surface area contributed by atoms with E-state index in [0.29, 0.717) is 78.8 Å². The molecule has 0 radical (unpaired) electrons. The minimum atomic E-state index is -1.32. The number of amides is 2. The van der Waals surface area contributed by atoms with Crippen LogP contribution in [0, 0.1) is 0 Å². The number of nitrogens with zero attached hydrogens (tertiary/aromatic N) is 2. The smallest absolute Gasteiger partial charge is 0.320 e. The molecule has 1 fully saturated rings. The molecule has 4 atom stereocenters. The van der Waals surface area contributed by atoms with Gasteiger partial charge in [0, 0.05) is 56.7 Å². The number of carbonyl (C=O) groups excluding carboxylic acids is 1. The lowest BCUT2D eigenvalue weighted by atomic mass is 9.90. The van der Waals surface area contributed by atoms with Gasteiger partial charge >= 0.3 is 6.03 Å². The van der Waals surface area contributed by atoms with Crippen molar-refractivity contribution in [2.24, 2.45) is 0 Å². The summed E-state index contributed by atoms with van der Waals surface area (Å²) in [4.78, 5) is 19.0. The van der Waals surface area contributed by atoms with Gasteiger partial charge in [-0.25, -0.2) is 4.79 Å². The second-order valence-electron chi connectivity index (χ2n) is 16.3. The zero-order chi connectivity index (χ0) is 39.2. The van der Waals surface area contributed by atoms with Gasteiger partial charge in [-0.15, -0.1) is 0 Å². The first-order valence-electron chi connectivity index (χ1n) is 19.6. The molecule has 1 aliphatic rings. The van der Waals surface area contributed by atoms with Crippen molar-refractivity contribution < 1.29 is 42.7 Å². The zero-order valence-electron chi connectivity index (χ0n) is 34.5. The molecular weight excluding hydrogens is 721 g/mol. The number of hydrogen-bond acceptors (Lipinski definition) is 9. The molecule has 0 spiro atoms. The number of carbonyl (C=O) groups is 1. The van der Waals surface area contributed by atoms with E-state index in [9.17, 15) is 0 Å². The third-order valence-electron chi connectivity index (χ3n) is 9.45. The van der Waals surface area contributed by atoms with E-state index < -0.39 is 40.4 Å². The highest BCUT2D eigenvalue weighted by Gasteiger charge is 2.49. The molecule has 1 saturated heterocycles. The maximum Gasteiger partial charge on any atom is 0.320 e. The largest absolute Gasteiger partial charge is 0.382 e. The van der Waals surface area contributed by atoms with Crippen LogP contribution in [-0.2, 0) is 50.7 Å². The molecule has 1 aliphatic heterocycles. The summed E-state index contributed by atoms with van der Waals surface area (Å²) in [6, 6.07) is 21.7. The van der Waals surface area contributed by atoms with Crippen LogP contribution in [0.5, 0.6) is 0 Å². The molecule has 2 amide bonds. The molecule has 0 aromatic heterocycles. The summed E-state index contributed by atoms with van der Waals surface area (Å²) >= 11 is 0. The third kappa shape index (κ3) is 17.7. The number of rotatable bonds is 28. The molecule has 3 rings (SSSR count). The Bertz CT molecular complexity index is 1170. The third-order valence-corrected chi connectivity index (χ3v) is 12.9. The normalized spacial score (nSPS) is 19.7. The fraction of sp³-hybridized carbons (Fsp3) is 0.683. The van der Waals surface area contributed by atoms with Gasteiger partial charge in [0.2, 0.25) is 0 Å². The van der Waals surface area contributed by atoms with Gasteiger partial charge < -0.3 is 47.7 Å². The lowest BCUT2D eigenvalue weighted by molar-refractivity contribution is -0.188. The molecule has 306 valence electrons. The molecular formula is C41H70N2O9Si2. The van der Waals surface area contributed by atoms with Crippen molar-refractivity contribution in [3.05, 3.63) is 71.8 Å². The van der Waals surface area contributed by atoms with Gasteiger partial charge in [-0.05, 0) is 36.1 Å². The van der Waals surface area contributed by atoms with Gasteiger partial charge in [0.05, 0.1) is 51.7 Å². The fourth-order valence-electron chi connectivity index (χ4n) is 6.28. The Morgan fingerprint density at radius 3 is 1.26 bits per heavy atom. The highest BCUT2D eigenvalue weighted by atomic mass is 28.3. The first-order valence-corrected chi connectivity index (χ1v) is 27.0. The molecule has 54 heavy (non-hydrogen) atoms. The van der Waals surface area contributed by atoms with Gasteiger partial charge in [0.25, 0.3) is 0 Å². The van der Waals surface area contributed by atoms with Crippen LogP contribution in [0.25, 0.3) is 0 Å². The first kappa shape index (κ1) is 46.2. The van der Waals surface area contributed by atoms with Crippen molar-refractivity contribution in [2.75, 3.05) is 93.8 Å². The molecule has 0 saturated carbocycles. The molecule has 0 bridgehead atoms. The van der Waals surface area contributed by atoms with Crippen molar-refractivity contribution in [3.8, 4) is 0 Å². The van der Waals surface area contributed by atoms with E-state index in [1.54, 1.807) is 14.2 Å². The standard InChI is InChI=1S/C41H70N2O9Si2/c1-45-23-25-47-21-19-42-37(31-35-15-11-9-12-16-35)39(51-33-49-27-29-53(3,4)5)40(52-34-50-28-30-54(6,7)8)38(32-36-17-13-10-14-18-36)43(41(42)44)20-22-48-26-24-46-2/h9-18,37-40H,19-34H2,1-8H3/t37-,38-,39+,40+/m1/s1.